The molecular formula is C38H33N2NaO4. The zero-order valence-corrected chi connectivity index (χ0v) is 27.6. The largest absolute Gasteiger partial charge is 1.00 e. The molecule has 0 unspecified atom stereocenters. The first kappa shape index (κ1) is 32.2. The molecule has 2 heterocycles. The molecule has 0 aliphatic rings. The number of carboxylic acids is 1. The zero-order valence-electron chi connectivity index (χ0n) is 25.6. The van der Waals surface area contributed by atoms with Crippen molar-refractivity contribution in [3.05, 3.63) is 144 Å². The topological polar surface area (TPSA) is 84.4 Å². The molecule has 6 aromatic rings. The molecule has 220 valence electrons. The Balaban J connectivity index is 0.00000400. The summed E-state index contributed by atoms with van der Waals surface area (Å²) in [4.78, 5) is 20.6. The summed E-state index contributed by atoms with van der Waals surface area (Å²) >= 11 is 0. The molecule has 0 radical (unpaired) electrons. The van der Waals surface area contributed by atoms with Crippen LogP contribution in [0.15, 0.2) is 121 Å². The normalized spacial score (nSPS) is 11.2. The number of hydrogen-bond acceptors (Lipinski definition) is 6. The number of hydrogen-bond donors (Lipinski definition) is 0. The van der Waals surface area contributed by atoms with Crippen molar-refractivity contribution in [2.24, 2.45) is 0 Å². The molecule has 6 nitrogen and oxygen atoms in total. The van der Waals surface area contributed by atoms with Crippen LogP contribution in [0.1, 0.15) is 48.7 Å². The number of carbonyl (C=O) groups excluding carboxylic acids is 1. The zero-order chi connectivity index (χ0) is 30.4. The van der Waals surface area contributed by atoms with Crippen molar-refractivity contribution >= 4 is 27.8 Å². The van der Waals surface area contributed by atoms with Crippen LogP contribution in [0.2, 0.25) is 0 Å². The fraction of sp³-hybridized carbons (Fsp3) is 0.184. The van der Waals surface area contributed by atoms with E-state index in [-0.39, 0.29) is 36.0 Å². The number of carbonyl (C=O) groups is 1. The number of benzene rings is 4. The molecule has 0 atom stereocenters. The second-order valence-electron chi connectivity index (χ2n) is 11.2. The Hall–Kier alpha value is -4.23. The number of carboxylic acid groups (broad SMARTS) is 1. The Morgan fingerprint density at radius 2 is 1.09 bits per heavy atom. The Bertz CT molecular complexity index is 1760. The van der Waals surface area contributed by atoms with Gasteiger partial charge in [0.05, 0.1) is 22.4 Å². The number of ether oxygens (including phenoxy) is 2. The van der Waals surface area contributed by atoms with Gasteiger partial charge in [0.2, 0.25) is 0 Å². The third-order valence-electron chi connectivity index (χ3n) is 8.13. The summed E-state index contributed by atoms with van der Waals surface area (Å²) in [5, 5.41) is 13.4. The second-order valence-corrected chi connectivity index (χ2v) is 11.2. The molecular weight excluding hydrogens is 571 g/mol. The smallest absolute Gasteiger partial charge is 0.550 e. The molecule has 0 saturated heterocycles. The first-order valence-corrected chi connectivity index (χ1v) is 14.8. The van der Waals surface area contributed by atoms with Crippen molar-refractivity contribution in [2.45, 2.75) is 44.8 Å². The average molecular weight is 605 g/mol. The van der Waals surface area contributed by atoms with Gasteiger partial charge in [-0.2, -0.15) is 0 Å². The Morgan fingerprint density at radius 3 is 1.53 bits per heavy atom. The predicted octanol–water partition coefficient (Wildman–Crippen LogP) is 4.17. The molecule has 0 bridgehead atoms. The minimum Gasteiger partial charge on any atom is -0.550 e. The molecule has 6 rings (SSSR count). The van der Waals surface area contributed by atoms with Gasteiger partial charge in [0.25, 0.3) is 0 Å². The molecule has 0 spiro atoms. The predicted molar refractivity (Wildman–Crippen MR) is 170 cm³/mol. The van der Waals surface area contributed by atoms with E-state index in [1.165, 1.54) is 0 Å². The first-order valence-electron chi connectivity index (χ1n) is 14.8. The molecule has 45 heavy (non-hydrogen) atoms. The van der Waals surface area contributed by atoms with Gasteiger partial charge in [-0.25, -0.2) is 9.97 Å². The third kappa shape index (κ3) is 7.90. The molecule has 0 fully saturated rings. The van der Waals surface area contributed by atoms with Crippen molar-refractivity contribution in [3.63, 3.8) is 0 Å². The molecule has 0 amide bonds. The Labute approximate surface area is 285 Å². The van der Waals surface area contributed by atoms with E-state index in [1.54, 1.807) is 0 Å². The second kappa shape index (κ2) is 14.7. The van der Waals surface area contributed by atoms with Gasteiger partial charge in [0.15, 0.2) is 0 Å². The molecule has 7 heteroatoms. The number of aromatic nitrogens is 2. The standard InChI is InChI=1S/C38H34N2O4.Na/c1-38(24-6-11-37(41)42,29-14-20-33(21-15-29)43-25-31-18-12-27-7-2-4-9-35(27)39-31)30-16-22-34(23-17-30)44-26-32-19-13-28-8-3-5-10-36(28)40-32;/h2-5,7-10,12-23H,6,11,24-26H2,1H3,(H,41,42);/q;+1/p-1. The number of fused-ring (bicyclic) bond motifs is 2. The summed E-state index contributed by atoms with van der Waals surface area (Å²) in [5.41, 5.74) is 5.32. The van der Waals surface area contributed by atoms with Crippen molar-refractivity contribution in [2.75, 3.05) is 0 Å². The Kier molecular flexibility index (Phi) is 10.5. The van der Waals surface area contributed by atoms with Crippen LogP contribution in [0.4, 0.5) is 0 Å². The van der Waals surface area contributed by atoms with Crippen molar-refractivity contribution in [3.8, 4) is 11.5 Å². The minimum atomic E-state index is -1.04. The van der Waals surface area contributed by atoms with Gasteiger partial charge < -0.3 is 19.4 Å². The number of aliphatic carboxylic acids is 1. The fourth-order valence-corrected chi connectivity index (χ4v) is 5.57. The van der Waals surface area contributed by atoms with Crippen LogP contribution in [0.25, 0.3) is 21.8 Å². The Morgan fingerprint density at radius 1 is 0.644 bits per heavy atom. The van der Waals surface area contributed by atoms with Crippen LogP contribution in [0.3, 0.4) is 0 Å². The van der Waals surface area contributed by atoms with E-state index >= 15 is 0 Å². The number of nitrogens with zero attached hydrogens (tertiary/aromatic N) is 2. The van der Waals surface area contributed by atoms with Gasteiger partial charge in [-0.3, -0.25) is 0 Å². The van der Waals surface area contributed by atoms with E-state index in [9.17, 15) is 9.90 Å². The van der Waals surface area contributed by atoms with Gasteiger partial charge >= 0.3 is 29.6 Å². The van der Waals surface area contributed by atoms with Crippen molar-refractivity contribution in [1.82, 2.24) is 9.97 Å². The summed E-state index contributed by atoms with van der Waals surface area (Å²) in [6.07, 6.45) is 1.15. The maximum Gasteiger partial charge on any atom is 1.00 e. The summed E-state index contributed by atoms with van der Waals surface area (Å²) in [6.45, 7) is 2.87. The molecule has 0 aliphatic carbocycles. The van der Waals surface area contributed by atoms with Crippen LogP contribution in [0.5, 0.6) is 11.5 Å². The van der Waals surface area contributed by atoms with E-state index in [4.69, 9.17) is 19.4 Å². The van der Waals surface area contributed by atoms with Crippen LogP contribution in [-0.2, 0) is 23.4 Å². The molecule has 0 N–H and O–H groups in total. The molecule has 0 saturated carbocycles. The van der Waals surface area contributed by atoms with Crippen LogP contribution in [0, 0.1) is 0 Å². The monoisotopic (exact) mass is 604 g/mol. The van der Waals surface area contributed by atoms with E-state index < -0.39 is 11.4 Å². The molecule has 2 aromatic heterocycles. The van der Waals surface area contributed by atoms with Gasteiger partial charge in [-0.05, 0) is 78.9 Å². The van der Waals surface area contributed by atoms with Crippen molar-refractivity contribution in [1.29, 1.82) is 0 Å². The minimum absolute atomic E-state index is 0. The third-order valence-corrected chi connectivity index (χ3v) is 8.13. The van der Waals surface area contributed by atoms with E-state index in [0.29, 0.717) is 26.1 Å². The summed E-state index contributed by atoms with van der Waals surface area (Å²) in [5.74, 6) is 0.447. The SMILES string of the molecule is CC(CCCC(=O)[O-])(c1ccc(OCc2ccc3ccccc3n2)cc1)c1ccc(OCc2ccc3ccccc3n2)cc1.[Na+]. The van der Waals surface area contributed by atoms with Gasteiger partial charge in [0.1, 0.15) is 24.7 Å². The quantitative estimate of drug-likeness (QED) is 0.195. The summed E-state index contributed by atoms with van der Waals surface area (Å²) < 4.78 is 12.1. The van der Waals surface area contributed by atoms with E-state index in [0.717, 1.165) is 55.8 Å². The van der Waals surface area contributed by atoms with Crippen LogP contribution >= 0.6 is 0 Å². The first-order chi connectivity index (χ1) is 21.5. The summed E-state index contributed by atoms with van der Waals surface area (Å²) in [6, 6.07) is 40.2. The molecule has 4 aromatic carbocycles. The number of rotatable bonds is 12. The molecule has 0 aliphatic heterocycles. The van der Waals surface area contributed by atoms with Gasteiger partial charge in [0, 0.05) is 22.2 Å². The summed E-state index contributed by atoms with van der Waals surface area (Å²) in [7, 11) is 0. The van der Waals surface area contributed by atoms with Crippen LogP contribution in [-0.4, -0.2) is 15.9 Å². The van der Waals surface area contributed by atoms with Crippen LogP contribution < -0.4 is 44.1 Å². The number of para-hydroxylation sites is 2. The van der Waals surface area contributed by atoms with Gasteiger partial charge in [-0.1, -0.05) is 79.7 Å². The van der Waals surface area contributed by atoms with E-state index in [2.05, 4.69) is 43.3 Å². The number of pyridine rings is 2. The average Bonchev–Trinajstić information content (AvgIpc) is 3.06. The van der Waals surface area contributed by atoms with Crippen molar-refractivity contribution < 1.29 is 48.9 Å². The van der Waals surface area contributed by atoms with Gasteiger partial charge in [-0.15, -0.1) is 0 Å². The maximum atomic E-state index is 11.2. The maximum absolute atomic E-state index is 11.2. The van der Waals surface area contributed by atoms with E-state index in [1.807, 2.05) is 84.9 Å². The fourth-order valence-electron chi connectivity index (χ4n) is 5.57.